The summed E-state index contributed by atoms with van der Waals surface area (Å²) >= 11 is 5.96. The zero-order chi connectivity index (χ0) is 18.1. The zero-order valence-corrected chi connectivity index (χ0v) is 14.5. The van der Waals surface area contributed by atoms with Gasteiger partial charge in [0, 0.05) is 25.7 Å². The van der Waals surface area contributed by atoms with E-state index in [-0.39, 0.29) is 30.2 Å². The molecule has 1 atom stereocenters. The molecule has 1 unspecified atom stereocenters. The fourth-order valence-electron chi connectivity index (χ4n) is 3.07. The van der Waals surface area contributed by atoms with Gasteiger partial charge in [-0.15, -0.1) is 0 Å². The Morgan fingerprint density at radius 1 is 1.31 bits per heavy atom. The average molecular weight is 374 g/mol. The predicted octanol–water partition coefficient (Wildman–Crippen LogP) is 2.45. The van der Waals surface area contributed by atoms with Crippen molar-refractivity contribution in [2.45, 2.75) is 13.0 Å². The molecule has 26 heavy (non-hydrogen) atoms. The Bertz CT molecular complexity index is 873. The van der Waals surface area contributed by atoms with Gasteiger partial charge in [0.05, 0.1) is 11.6 Å². The molecule has 0 aliphatic carbocycles. The van der Waals surface area contributed by atoms with Gasteiger partial charge in [-0.1, -0.05) is 17.7 Å². The first-order valence-electron chi connectivity index (χ1n) is 8.18. The lowest BCUT2D eigenvalue weighted by atomic mass is 10.1. The molecule has 0 radical (unpaired) electrons. The summed E-state index contributed by atoms with van der Waals surface area (Å²) in [6.45, 7) is 0.991. The maximum absolute atomic E-state index is 12.5. The lowest BCUT2D eigenvalue weighted by Gasteiger charge is -2.17. The lowest BCUT2D eigenvalue weighted by molar-refractivity contribution is -0.128. The molecule has 0 saturated carbocycles. The van der Waals surface area contributed by atoms with E-state index in [1.807, 2.05) is 18.2 Å². The number of rotatable bonds is 4. The van der Waals surface area contributed by atoms with Crippen LogP contribution in [-0.4, -0.2) is 35.0 Å². The molecule has 8 heteroatoms. The number of hydrogen-bond acceptors (Lipinski definition) is 5. The third-order valence-electron chi connectivity index (χ3n) is 4.41. The van der Waals surface area contributed by atoms with Crippen molar-refractivity contribution in [3.05, 3.63) is 47.2 Å². The number of likely N-dealkylation sites (tertiary alicyclic amines) is 1. The minimum absolute atomic E-state index is 0.0555. The van der Waals surface area contributed by atoms with Crippen molar-refractivity contribution < 1.29 is 19.1 Å². The van der Waals surface area contributed by atoms with Crippen LogP contribution in [0, 0.1) is 5.92 Å². The summed E-state index contributed by atoms with van der Waals surface area (Å²) in [6.07, 6.45) is 1.72. The third kappa shape index (κ3) is 3.30. The lowest BCUT2D eigenvalue weighted by Crippen LogP contribution is -2.28. The number of ether oxygens (including phenoxy) is 2. The van der Waals surface area contributed by atoms with Crippen molar-refractivity contribution in [2.75, 3.05) is 18.7 Å². The van der Waals surface area contributed by atoms with E-state index in [4.69, 9.17) is 21.1 Å². The molecular weight excluding hydrogens is 358 g/mol. The second-order valence-corrected chi connectivity index (χ2v) is 6.55. The summed E-state index contributed by atoms with van der Waals surface area (Å²) in [5, 5.41) is 2.97. The number of fused-ring (bicyclic) bond motifs is 1. The summed E-state index contributed by atoms with van der Waals surface area (Å²) < 4.78 is 10.6. The largest absolute Gasteiger partial charge is 0.454 e. The number of nitrogens with one attached hydrogen (secondary N) is 1. The summed E-state index contributed by atoms with van der Waals surface area (Å²) in [7, 11) is 0. The van der Waals surface area contributed by atoms with Crippen LogP contribution < -0.4 is 14.8 Å². The highest BCUT2D eigenvalue weighted by molar-refractivity contribution is 6.32. The van der Waals surface area contributed by atoms with E-state index in [9.17, 15) is 9.59 Å². The monoisotopic (exact) mass is 373 g/mol. The molecule has 2 aromatic rings. The van der Waals surface area contributed by atoms with Crippen LogP contribution in [0.1, 0.15) is 12.0 Å². The van der Waals surface area contributed by atoms with Gasteiger partial charge < -0.3 is 19.7 Å². The average Bonchev–Trinajstić information content (AvgIpc) is 3.23. The molecule has 1 N–H and O–H groups in total. The molecule has 1 aromatic carbocycles. The highest BCUT2D eigenvalue weighted by Crippen LogP contribution is 2.33. The maximum atomic E-state index is 12.5. The van der Waals surface area contributed by atoms with E-state index < -0.39 is 5.92 Å². The Morgan fingerprint density at radius 3 is 3.00 bits per heavy atom. The Kier molecular flexibility index (Phi) is 4.38. The van der Waals surface area contributed by atoms with Crippen LogP contribution in [0.25, 0.3) is 0 Å². The number of carbonyl (C=O) groups is 2. The van der Waals surface area contributed by atoms with Gasteiger partial charge >= 0.3 is 0 Å². The van der Waals surface area contributed by atoms with Crippen LogP contribution in [0.2, 0.25) is 5.15 Å². The van der Waals surface area contributed by atoms with Gasteiger partial charge in [-0.3, -0.25) is 9.59 Å². The molecule has 3 heterocycles. The topological polar surface area (TPSA) is 80.8 Å². The quantitative estimate of drug-likeness (QED) is 0.832. The summed E-state index contributed by atoms with van der Waals surface area (Å²) in [5.74, 6) is 0.663. The van der Waals surface area contributed by atoms with Gasteiger partial charge in [0.15, 0.2) is 16.7 Å². The van der Waals surface area contributed by atoms with Gasteiger partial charge in [-0.2, -0.15) is 0 Å². The Morgan fingerprint density at radius 2 is 2.15 bits per heavy atom. The number of benzene rings is 1. The van der Waals surface area contributed by atoms with Crippen molar-refractivity contribution in [1.82, 2.24) is 9.88 Å². The summed E-state index contributed by atoms with van der Waals surface area (Å²) in [4.78, 5) is 30.3. The number of pyridine rings is 1. The van der Waals surface area contributed by atoms with E-state index in [0.717, 1.165) is 5.56 Å². The second kappa shape index (κ2) is 6.84. The van der Waals surface area contributed by atoms with Crippen LogP contribution in [0.5, 0.6) is 11.5 Å². The second-order valence-electron chi connectivity index (χ2n) is 6.19. The van der Waals surface area contributed by atoms with Crippen molar-refractivity contribution in [3.8, 4) is 11.5 Å². The highest BCUT2D eigenvalue weighted by Gasteiger charge is 2.34. The molecule has 4 rings (SSSR count). The zero-order valence-electron chi connectivity index (χ0n) is 13.8. The van der Waals surface area contributed by atoms with Gasteiger partial charge in [0.2, 0.25) is 18.6 Å². The Balaban J connectivity index is 1.40. The number of hydrogen-bond donors (Lipinski definition) is 1. The number of nitrogens with zero attached hydrogens (tertiary/aromatic N) is 2. The van der Waals surface area contributed by atoms with Crippen molar-refractivity contribution in [3.63, 3.8) is 0 Å². The smallest absolute Gasteiger partial charge is 0.231 e. The first-order valence-corrected chi connectivity index (χ1v) is 8.55. The van der Waals surface area contributed by atoms with Gasteiger partial charge in [0.25, 0.3) is 0 Å². The van der Waals surface area contributed by atoms with Crippen LogP contribution in [-0.2, 0) is 16.1 Å². The number of halogens is 1. The predicted molar refractivity (Wildman–Crippen MR) is 94.0 cm³/mol. The molecule has 0 spiro atoms. The molecular formula is C18H16ClN3O4. The molecule has 7 nitrogen and oxygen atoms in total. The van der Waals surface area contributed by atoms with E-state index >= 15 is 0 Å². The molecule has 1 saturated heterocycles. The van der Waals surface area contributed by atoms with Gasteiger partial charge in [-0.05, 0) is 29.8 Å². The molecule has 0 bridgehead atoms. The molecule has 1 aromatic heterocycles. The number of carbonyl (C=O) groups excluding carboxylic acids is 2. The highest BCUT2D eigenvalue weighted by atomic mass is 35.5. The van der Waals surface area contributed by atoms with Crippen LogP contribution in [0.3, 0.4) is 0 Å². The van der Waals surface area contributed by atoms with Crippen LogP contribution >= 0.6 is 11.6 Å². The molecule has 2 amide bonds. The minimum Gasteiger partial charge on any atom is -0.454 e. The fourth-order valence-corrected chi connectivity index (χ4v) is 3.24. The molecule has 2 aliphatic heterocycles. The fraction of sp³-hybridized carbons (Fsp3) is 0.278. The number of anilines is 1. The van der Waals surface area contributed by atoms with Gasteiger partial charge in [0.1, 0.15) is 0 Å². The van der Waals surface area contributed by atoms with E-state index in [1.165, 1.54) is 0 Å². The molecule has 2 aliphatic rings. The van der Waals surface area contributed by atoms with E-state index in [0.29, 0.717) is 30.3 Å². The van der Waals surface area contributed by atoms with Gasteiger partial charge in [-0.25, -0.2) is 4.98 Å². The van der Waals surface area contributed by atoms with Crippen molar-refractivity contribution >= 4 is 29.1 Å². The molecule has 1 fully saturated rings. The van der Waals surface area contributed by atoms with E-state index in [1.54, 1.807) is 23.2 Å². The Hall–Kier alpha value is -2.80. The summed E-state index contributed by atoms with van der Waals surface area (Å²) in [6, 6.07) is 8.94. The first-order chi connectivity index (χ1) is 12.6. The number of amides is 2. The van der Waals surface area contributed by atoms with Crippen LogP contribution in [0.4, 0.5) is 5.69 Å². The molecule has 134 valence electrons. The third-order valence-corrected chi connectivity index (χ3v) is 4.71. The maximum Gasteiger partial charge on any atom is 0.231 e. The van der Waals surface area contributed by atoms with Crippen molar-refractivity contribution in [2.24, 2.45) is 5.92 Å². The number of aromatic nitrogens is 1. The normalized spacial score (nSPS) is 18.3. The first kappa shape index (κ1) is 16.7. The SMILES string of the molecule is O=C(Nc1cccnc1Cl)C1CC(=O)N(Cc2ccc3c(c2)OCO3)C1. The Labute approximate surface area is 154 Å². The summed E-state index contributed by atoms with van der Waals surface area (Å²) in [5.41, 5.74) is 1.37. The standard InChI is InChI=1S/C18H16ClN3O4/c19-17-13(2-1-5-20-17)21-18(24)12-7-16(23)22(9-12)8-11-3-4-14-15(6-11)26-10-25-14/h1-6,12H,7-10H2,(H,21,24). The van der Waals surface area contributed by atoms with Crippen molar-refractivity contribution in [1.29, 1.82) is 0 Å². The van der Waals surface area contributed by atoms with Crippen LogP contribution in [0.15, 0.2) is 36.5 Å². The van der Waals surface area contributed by atoms with E-state index in [2.05, 4.69) is 10.3 Å². The minimum atomic E-state index is -0.423.